The molecule has 2 rings (SSSR count). The number of hydrogen-bond acceptors (Lipinski definition) is 5. The van der Waals surface area contributed by atoms with E-state index in [1.54, 1.807) is 12.4 Å². The van der Waals surface area contributed by atoms with Gasteiger partial charge in [-0.2, -0.15) is 0 Å². The van der Waals surface area contributed by atoms with Crippen molar-refractivity contribution in [3.8, 4) is 5.69 Å². The van der Waals surface area contributed by atoms with Crippen LogP contribution in [0, 0.1) is 0 Å². The van der Waals surface area contributed by atoms with E-state index in [9.17, 15) is 0 Å². The van der Waals surface area contributed by atoms with Crippen LogP contribution in [0.3, 0.4) is 0 Å². The van der Waals surface area contributed by atoms with Gasteiger partial charge in [-0.05, 0) is 19.4 Å². The van der Waals surface area contributed by atoms with E-state index in [1.807, 2.05) is 4.68 Å². The zero-order valence-electron chi connectivity index (χ0n) is 11.7. The zero-order chi connectivity index (χ0) is 13.7. The van der Waals surface area contributed by atoms with Crippen molar-refractivity contribution < 1.29 is 0 Å². The first kappa shape index (κ1) is 13.6. The molecule has 1 N–H and O–H groups in total. The minimum Gasteiger partial charge on any atom is -0.309 e. The van der Waals surface area contributed by atoms with Crippen molar-refractivity contribution >= 4 is 0 Å². The Morgan fingerprint density at radius 3 is 2.53 bits per heavy atom. The van der Waals surface area contributed by atoms with Crippen LogP contribution in [0.15, 0.2) is 18.7 Å². The summed E-state index contributed by atoms with van der Waals surface area (Å²) in [4.78, 5) is 8.06. The summed E-state index contributed by atoms with van der Waals surface area (Å²) in [5.41, 5.74) is 2.99. The van der Waals surface area contributed by atoms with Crippen LogP contribution >= 0.6 is 0 Å². The standard InChI is InChI=1S/C13H20N6/c1-4-11(16-6-3)13-12(5-2)19(18-17-13)10-7-14-9-15-8-10/h7-9,11,16H,4-6H2,1-3H3. The van der Waals surface area contributed by atoms with E-state index in [0.717, 1.165) is 36.5 Å². The van der Waals surface area contributed by atoms with Gasteiger partial charge in [0.05, 0.1) is 24.1 Å². The van der Waals surface area contributed by atoms with E-state index >= 15 is 0 Å². The molecule has 102 valence electrons. The monoisotopic (exact) mass is 260 g/mol. The Bertz CT molecular complexity index is 507. The van der Waals surface area contributed by atoms with Crippen LogP contribution in [-0.2, 0) is 6.42 Å². The topological polar surface area (TPSA) is 68.5 Å². The molecule has 6 heteroatoms. The molecule has 6 nitrogen and oxygen atoms in total. The molecule has 19 heavy (non-hydrogen) atoms. The third-order valence-electron chi connectivity index (χ3n) is 3.11. The van der Waals surface area contributed by atoms with Gasteiger partial charge in [-0.3, -0.25) is 0 Å². The summed E-state index contributed by atoms with van der Waals surface area (Å²) in [7, 11) is 0. The van der Waals surface area contributed by atoms with Gasteiger partial charge in [-0.25, -0.2) is 14.6 Å². The summed E-state index contributed by atoms with van der Waals surface area (Å²) in [6, 6.07) is 0.248. The average molecular weight is 260 g/mol. The molecule has 1 atom stereocenters. The van der Waals surface area contributed by atoms with Crippen molar-refractivity contribution in [2.75, 3.05) is 6.54 Å². The fourth-order valence-electron chi connectivity index (χ4n) is 2.20. The van der Waals surface area contributed by atoms with Crippen molar-refractivity contribution in [2.45, 2.75) is 39.7 Å². The SMILES string of the molecule is CCNC(CC)c1nnn(-c2cncnc2)c1CC. The van der Waals surface area contributed by atoms with Crippen molar-refractivity contribution in [3.05, 3.63) is 30.1 Å². The number of nitrogens with one attached hydrogen (secondary N) is 1. The maximum atomic E-state index is 4.35. The summed E-state index contributed by atoms with van der Waals surface area (Å²) >= 11 is 0. The van der Waals surface area contributed by atoms with Crippen molar-refractivity contribution in [3.63, 3.8) is 0 Å². The molecule has 2 aromatic rings. The molecule has 2 aromatic heterocycles. The molecule has 0 aliphatic heterocycles. The molecule has 2 heterocycles. The Kier molecular flexibility index (Phi) is 4.57. The van der Waals surface area contributed by atoms with Crippen LogP contribution in [0.1, 0.15) is 44.6 Å². The number of nitrogens with zero attached hydrogens (tertiary/aromatic N) is 5. The van der Waals surface area contributed by atoms with Gasteiger partial charge in [0.15, 0.2) is 0 Å². The smallest absolute Gasteiger partial charge is 0.115 e. The maximum absolute atomic E-state index is 4.35. The third-order valence-corrected chi connectivity index (χ3v) is 3.11. The average Bonchev–Trinajstić information content (AvgIpc) is 2.89. The second-order valence-electron chi connectivity index (χ2n) is 4.30. The highest BCUT2D eigenvalue weighted by molar-refractivity contribution is 5.29. The number of rotatable bonds is 6. The lowest BCUT2D eigenvalue weighted by molar-refractivity contribution is 0.520. The first-order valence-electron chi connectivity index (χ1n) is 6.74. The van der Waals surface area contributed by atoms with E-state index in [2.05, 4.69) is 46.4 Å². The molecule has 1 unspecified atom stereocenters. The van der Waals surface area contributed by atoms with Gasteiger partial charge < -0.3 is 5.32 Å². The summed E-state index contributed by atoms with van der Waals surface area (Å²) in [6.45, 7) is 7.28. The molecule has 0 spiro atoms. The first-order valence-corrected chi connectivity index (χ1v) is 6.74. The number of aromatic nitrogens is 5. The van der Waals surface area contributed by atoms with Gasteiger partial charge in [-0.15, -0.1) is 5.10 Å². The molecular formula is C13H20N6. The molecule has 0 saturated heterocycles. The normalized spacial score (nSPS) is 12.6. The van der Waals surface area contributed by atoms with Gasteiger partial charge in [0.1, 0.15) is 17.7 Å². The summed E-state index contributed by atoms with van der Waals surface area (Å²) in [5, 5.41) is 12.0. The summed E-state index contributed by atoms with van der Waals surface area (Å²) in [5.74, 6) is 0. The van der Waals surface area contributed by atoms with E-state index in [4.69, 9.17) is 0 Å². The van der Waals surface area contributed by atoms with Crippen LogP contribution in [0.25, 0.3) is 5.69 Å². The van der Waals surface area contributed by atoms with E-state index < -0.39 is 0 Å². The molecule has 0 saturated carbocycles. The quantitative estimate of drug-likeness (QED) is 0.855. The highest BCUT2D eigenvalue weighted by Gasteiger charge is 2.19. The highest BCUT2D eigenvalue weighted by atomic mass is 15.4. The largest absolute Gasteiger partial charge is 0.309 e. The van der Waals surface area contributed by atoms with Gasteiger partial charge in [0.2, 0.25) is 0 Å². The van der Waals surface area contributed by atoms with Crippen molar-refractivity contribution in [1.82, 2.24) is 30.3 Å². The molecule has 0 radical (unpaired) electrons. The van der Waals surface area contributed by atoms with Gasteiger partial charge in [0.25, 0.3) is 0 Å². The molecule has 0 fully saturated rings. The van der Waals surface area contributed by atoms with Crippen molar-refractivity contribution in [1.29, 1.82) is 0 Å². The molecule has 0 amide bonds. The van der Waals surface area contributed by atoms with Crippen molar-refractivity contribution in [2.24, 2.45) is 0 Å². The molecule has 0 bridgehead atoms. The van der Waals surface area contributed by atoms with Crippen LogP contribution in [0.5, 0.6) is 0 Å². The predicted molar refractivity (Wildman–Crippen MR) is 73.0 cm³/mol. The van der Waals surface area contributed by atoms with Gasteiger partial charge in [-0.1, -0.05) is 26.0 Å². The Morgan fingerprint density at radius 2 is 1.95 bits per heavy atom. The highest BCUT2D eigenvalue weighted by Crippen LogP contribution is 2.20. The Labute approximate surface area is 113 Å². The van der Waals surface area contributed by atoms with Gasteiger partial charge >= 0.3 is 0 Å². The van der Waals surface area contributed by atoms with E-state index in [1.165, 1.54) is 6.33 Å². The predicted octanol–water partition coefficient (Wildman–Crippen LogP) is 1.68. The summed E-state index contributed by atoms with van der Waals surface area (Å²) < 4.78 is 1.83. The Hall–Kier alpha value is -1.82. The molecular weight excluding hydrogens is 240 g/mol. The van der Waals surface area contributed by atoms with Crippen LogP contribution in [0.2, 0.25) is 0 Å². The molecule has 0 aliphatic carbocycles. The van der Waals surface area contributed by atoms with Crippen LogP contribution in [0.4, 0.5) is 0 Å². The summed E-state index contributed by atoms with van der Waals surface area (Å²) in [6.07, 6.45) is 6.88. The van der Waals surface area contributed by atoms with Crippen LogP contribution in [-0.4, -0.2) is 31.5 Å². The zero-order valence-corrected chi connectivity index (χ0v) is 11.7. The first-order chi connectivity index (χ1) is 9.31. The van der Waals surface area contributed by atoms with Gasteiger partial charge in [0, 0.05) is 0 Å². The lowest BCUT2D eigenvalue weighted by atomic mass is 10.1. The lowest BCUT2D eigenvalue weighted by Gasteiger charge is -2.14. The minimum atomic E-state index is 0.248. The third kappa shape index (κ3) is 2.78. The molecule has 0 aromatic carbocycles. The Morgan fingerprint density at radius 1 is 1.21 bits per heavy atom. The second-order valence-corrected chi connectivity index (χ2v) is 4.30. The maximum Gasteiger partial charge on any atom is 0.115 e. The second kappa shape index (κ2) is 6.38. The van der Waals surface area contributed by atoms with Crippen LogP contribution < -0.4 is 5.32 Å². The fourth-order valence-corrected chi connectivity index (χ4v) is 2.20. The number of hydrogen-bond donors (Lipinski definition) is 1. The lowest BCUT2D eigenvalue weighted by Crippen LogP contribution is -2.21. The molecule has 0 aliphatic rings. The fraction of sp³-hybridized carbons (Fsp3) is 0.538. The Balaban J connectivity index is 2.40. The van der Waals surface area contributed by atoms with E-state index in [-0.39, 0.29) is 6.04 Å². The minimum absolute atomic E-state index is 0.248. The van der Waals surface area contributed by atoms with E-state index in [0.29, 0.717) is 0 Å².